The van der Waals surface area contributed by atoms with E-state index in [2.05, 4.69) is 16.8 Å². The predicted octanol–water partition coefficient (Wildman–Crippen LogP) is -2.10. The highest BCUT2D eigenvalue weighted by Crippen LogP contribution is 2.36. The Hall–Kier alpha value is -1.92. The Morgan fingerprint density at radius 1 is 1.57 bits per heavy atom. The van der Waals surface area contributed by atoms with Crippen molar-refractivity contribution in [2.75, 3.05) is 0 Å². The van der Waals surface area contributed by atoms with E-state index < -0.39 is 41.3 Å². The molecular weight excluding hydrogens is 278 g/mol. The molecule has 1 aliphatic rings. The van der Waals surface area contributed by atoms with Gasteiger partial charge in [0.1, 0.15) is 12.2 Å². The van der Waals surface area contributed by atoms with E-state index in [-0.39, 0.29) is 0 Å². The third-order valence-electron chi connectivity index (χ3n) is 3.42. The number of nitrogens with one attached hydrogen (secondary N) is 1. The monoisotopic (exact) mass is 295 g/mol. The van der Waals surface area contributed by atoms with Crippen LogP contribution in [0.15, 0.2) is 21.9 Å². The van der Waals surface area contributed by atoms with Crippen molar-refractivity contribution >= 4 is 0 Å². The van der Waals surface area contributed by atoms with Gasteiger partial charge < -0.3 is 20.7 Å². The zero-order chi connectivity index (χ0) is 15.8. The van der Waals surface area contributed by atoms with E-state index in [0.717, 1.165) is 10.6 Å². The van der Waals surface area contributed by atoms with E-state index in [1.807, 2.05) is 0 Å². The first-order valence-corrected chi connectivity index (χ1v) is 6.37. The summed E-state index contributed by atoms with van der Waals surface area (Å²) < 4.78 is 6.56. The van der Waals surface area contributed by atoms with Crippen molar-refractivity contribution in [3.63, 3.8) is 0 Å². The van der Waals surface area contributed by atoms with Gasteiger partial charge in [0.25, 0.3) is 5.56 Å². The number of rotatable bonds is 2. The fourth-order valence-electron chi connectivity index (χ4n) is 2.39. The standard InChI is InChI=1S/C13H17N3O5/c1-3-5-13(14)10(19)9(7(2)17)21-11(13)16-6-4-8(18)15-12(16)20/h4,6-7,9-11,17,19H,14H2,1-2H3,(H,15,18,20)/t7-,9-,10+,11-,13?/m1/s1. The molecule has 8 heteroatoms. The van der Waals surface area contributed by atoms with Crippen LogP contribution in [-0.4, -0.2) is 43.6 Å². The minimum Gasteiger partial charge on any atom is -0.391 e. The SMILES string of the molecule is CC#CC1(N)[C@@H](O)[C@@H]([C@@H](C)O)O[C@H]1n1ccc(=O)[nH]c1=O. The molecule has 1 aromatic heterocycles. The zero-order valence-electron chi connectivity index (χ0n) is 11.6. The van der Waals surface area contributed by atoms with Gasteiger partial charge in [-0.3, -0.25) is 14.3 Å². The molecule has 1 unspecified atom stereocenters. The number of hydrogen-bond donors (Lipinski definition) is 4. The van der Waals surface area contributed by atoms with Crippen LogP contribution in [0.3, 0.4) is 0 Å². The van der Waals surface area contributed by atoms with Crippen LogP contribution >= 0.6 is 0 Å². The van der Waals surface area contributed by atoms with Gasteiger partial charge in [-0.25, -0.2) is 4.79 Å². The van der Waals surface area contributed by atoms with E-state index in [1.165, 1.54) is 20.0 Å². The summed E-state index contributed by atoms with van der Waals surface area (Å²) in [6, 6.07) is 1.13. The van der Waals surface area contributed by atoms with Gasteiger partial charge in [-0.05, 0) is 13.8 Å². The van der Waals surface area contributed by atoms with Gasteiger partial charge in [-0.15, -0.1) is 5.92 Å². The molecular formula is C13H17N3O5. The topological polar surface area (TPSA) is 131 Å². The van der Waals surface area contributed by atoms with E-state index in [9.17, 15) is 19.8 Å². The zero-order valence-corrected chi connectivity index (χ0v) is 11.6. The molecule has 21 heavy (non-hydrogen) atoms. The number of nitrogens with zero attached hydrogens (tertiary/aromatic N) is 1. The summed E-state index contributed by atoms with van der Waals surface area (Å²) in [5.41, 5.74) is 3.23. The molecule has 0 radical (unpaired) electrons. The van der Waals surface area contributed by atoms with Crippen LogP contribution in [0.5, 0.6) is 0 Å². The molecule has 0 spiro atoms. The minimum absolute atomic E-state index is 0.564. The van der Waals surface area contributed by atoms with Gasteiger partial charge in [0, 0.05) is 12.3 Å². The fourth-order valence-corrected chi connectivity index (χ4v) is 2.39. The van der Waals surface area contributed by atoms with E-state index in [0.29, 0.717) is 0 Å². The number of nitrogens with two attached hydrogens (primary N) is 1. The van der Waals surface area contributed by atoms with Crippen LogP contribution in [-0.2, 0) is 4.74 Å². The third-order valence-corrected chi connectivity index (χ3v) is 3.42. The highest BCUT2D eigenvalue weighted by Gasteiger charge is 2.55. The average molecular weight is 295 g/mol. The van der Waals surface area contributed by atoms with E-state index in [1.54, 1.807) is 0 Å². The number of aromatic amines is 1. The number of aliphatic hydroxyl groups is 2. The second-order valence-electron chi connectivity index (χ2n) is 4.96. The van der Waals surface area contributed by atoms with Crippen molar-refractivity contribution in [2.45, 2.75) is 43.9 Å². The van der Waals surface area contributed by atoms with Crippen molar-refractivity contribution in [3.05, 3.63) is 33.1 Å². The lowest BCUT2D eigenvalue weighted by atomic mass is 9.90. The van der Waals surface area contributed by atoms with Crippen LogP contribution < -0.4 is 17.0 Å². The van der Waals surface area contributed by atoms with Gasteiger partial charge in [-0.1, -0.05) is 5.92 Å². The first-order valence-electron chi connectivity index (χ1n) is 6.37. The maximum Gasteiger partial charge on any atom is 0.330 e. The molecule has 1 saturated heterocycles. The molecule has 1 fully saturated rings. The molecule has 8 nitrogen and oxygen atoms in total. The lowest BCUT2D eigenvalue weighted by Gasteiger charge is -2.27. The number of H-pyrrole nitrogens is 1. The number of ether oxygens (including phenoxy) is 1. The Morgan fingerprint density at radius 3 is 2.76 bits per heavy atom. The van der Waals surface area contributed by atoms with Crippen LogP contribution in [0.4, 0.5) is 0 Å². The summed E-state index contributed by atoms with van der Waals surface area (Å²) in [6.45, 7) is 2.97. The van der Waals surface area contributed by atoms with E-state index in [4.69, 9.17) is 10.5 Å². The Labute approximate surface area is 120 Å². The van der Waals surface area contributed by atoms with Crippen molar-refractivity contribution in [1.29, 1.82) is 0 Å². The highest BCUT2D eigenvalue weighted by atomic mass is 16.5. The fraction of sp³-hybridized carbons (Fsp3) is 0.538. The highest BCUT2D eigenvalue weighted by molar-refractivity contribution is 5.25. The lowest BCUT2D eigenvalue weighted by Crippen LogP contribution is -2.55. The smallest absolute Gasteiger partial charge is 0.330 e. The van der Waals surface area contributed by atoms with Gasteiger partial charge >= 0.3 is 5.69 Å². The van der Waals surface area contributed by atoms with E-state index >= 15 is 0 Å². The van der Waals surface area contributed by atoms with Crippen molar-refractivity contribution in [3.8, 4) is 11.8 Å². The molecule has 5 N–H and O–H groups in total. The molecule has 0 aliphatic carbocycles. The van der Waals surface area contributed by atoms with Gasteiger partial charge in [-0.2, -0.15) is 0 Å². The molecule has 5 atom stereocenters. The second-order valence-corrected chi connectivity index (χ2v) is 4.96. The number of hydrogen-bond acceptors (Lipinski definition) is 6. The van der Waals surface area contributed by atoms with Crippen LogP contribution in [0.1, 0.15) is 20.1 Å². The molecule has 0 amide bonds. The summed E-state index contributed by atoms with van der Waals surface area (Å²) in [5, 5.41) is 20.0. The Morgan fingerprint density at radius 2 is 2.24 bits per heavy atom. The van der Waals surface area contributed by atoms with Crippen LogP contribution in [0.2, 0.25) is 0 Å². The largest absolute Gasteiger partial charge is 0.391 e. The maximum atomic E-state index is 11.9. The second kappa shape index (κ2) is 5.46. The summed E-state index contributed by atoms with van der Waals surface area (Å²) in [4.78, 5) is 25.1. The number of aliphatic hydroxyl groups excluding tert-OH is 2. The molecule has 1 aromatic rings. The predicted molar refractivity (Wildman–Crippen MR) is 73.3 cm³/mol. The summed E-state index contributed by atoms with van der Waals surface area (Å²) in [5.74, 6) is 5.22. The van der Waals surface area contributed by atoms with Crippen LogP contribution in [0, 0.1) is 11.8 Å². The van der Waals surface area contributed by atoms with Gasteiger partial charge in [0.15, 0.2) is 11.8 Å². The van der Waals surface area contributed by atoms with Gasteiger partial charge in [0.2, 0.25) is 0 Å². The molecule has 2 heterocycles. The maximum absolute atomic E-state index is 11.9. The first-order chi connectivity index (χ1) is 9.81. The summed E-state index contributed by atoms with van der Waals surface area (Å²) in [7, 11) is 0. The molecule has 114 valence electrons. The molecule has 2 rings (SSSR count). The molecule has 0 bridgehead atoms. The molecule has 1 aliphatic heterocycles. The lowest BCUT2D eigenvalue weighted by molar-refractivity contribution is -0.0778. The Balaban J connectivity index is 2.56. The Kier molecular flexibility index (Phi) is 4.02. The minimum atomic E-state index is -1.58. The van der Waals surface area contributed by atoms with Crippen molar-refractivity contribution < 1.29 is 14.9 Å². The van der Waals surface area contributed by atoms with Crippen molar-refractivity contribution in [1.82, 2.24) is 9.55 Å². The average Bonchev–Trinajstić information content (AvgIpc) is 2.64. The quantitative estimate of drug-likeness (QED) is 0.462. The normalized spacial score (nSPS) is 33.3. The summed E-state index contributed by atoms with van der Waals surface area (Å²) >= 11 is 0. The van der Waals surface area contributed by atoms with Crippen LogP contribution in [0.25, 0.3) is 0 Å². The third kappa shape index (κ3) is 2.52. The van der Waals surface area contributed by atoms with Crippen molar-refractivity contribution in [2.24, 2.45) is 5.73 Å². The molecule has 0 saturated carbocycles. The van der Waals surface area contributed by atoms with Gasteiger partial charge in [0.05, 0.1) is 6.10 Å². The Bertz CT molecular complexity index is 698. The first kappa shape index (κ1) is 15.5. The number of aromatic nitrogens is 2. The summed E-state index contributed by atoms with van der Waals surface area (Å²) in [6.07, 6.45) is -3.23. The molecule has 0 aromatic carbocycles.